The van der Waals surface area contributed by atoms with E-state index < -0.39 is 0 Å². The van der Waals surface area contributed by atoms with Crippen LogP contribution in [-0.2, 0) is 4.74 Å². The fourth-order valence-corrected chi connectivity index (χ4v) is 2.44. The van der Waals surface area contributed by atoms with Crippen LogP contribution in [-0.4, -0.2) is 34.5 Å². The van der Waals surface area contributed by atoms with Gasteiger partial charge in [0.1, 0.15) is 16.0 Å². The first-order valence-corrected chi connectivity index (χ1v) is 6.64. The van der Waals surface area contributed by atoms with Crippen molar-refractivity contribution >= 4 is 15.9 Å². The van der Waals surface area contributed by atoms with Gasteiger partial charge in [0.15, 0.2) is 0 Å². The molecule has 0 fully saturated rings. The first kappa shape index (κ1) is 15.3. The van der Waals surface area contributed by atoms with Gasteiger partial charge in [0.2, 0.25) is 0 Å². The number of nitrogens with one attached hydrogen (secondary N) is 1. The fraction of sp³-hybridized carbons (Fsp3) is 0.538. The average Bonchev–Trinajstić information content (AvgIpc) is 2.40. The summed E-state index contributed by atoms with van der Waals surface area (Å²) in [6.45, 7) is 3.27. The zero-order valence-electron chi connectivity index (χ0n) is 11.2. The summed E-state index contributed by atoms with van der Waals surface area (Å²) in [6.07, 6.45) is 0. The molecule has 0 aromatic heterocycles. The standard InChI is InChI=1S/C13H20BrNO3/c1-5-18-8-10(15-2)9-6-7-11(16-3)12(14)13(9)17-4/h6-7,10,15H,5,8H2,1-4H3. The number of likely N-dealkylation sites (N-methyl/N-ethyl adjacent to an activating group) is 1. The lowest BCUT2D eigenvalue weighted by Crippen LogP contribution is -2.22. The monoisotopic (exact) mass is 317 g/mol. The van der Waals surface area contributed by atoms with Gasteiger partial charge in [-0.1, -0.05) is 0 Å². The molecular formula is C13H20BrNO3. The van der Waals surface area contributed by atoms with Crippen molar-refractivity contribution < 1.29 is 14.2 Å². The van der Waals surface area contributed by atoms with Gasteiger partial charge >= 0.3 is 0 Å². The topological polar surface area (TPSA) is 39.7 Å². The van der Waals surface area contributed by atoms with E-state index in [1.54, 1.807) is 14.2 Å². The number of methoxy groups -OCH3 is 2. The molecule has 5 heteroatoms. The minimum atomic E-state index is 0.0853. The predicted octanol–water partition coefficient (Wildman–Crippen LogP) is 2.76. The van der Waals surface area contributed by atoms with Crippen LogP contribution in [0.25, 0.3) is 0 Å². The molecule has 1 N–H and O–H groups in total. The fourth-order valence-electron chi connectivity index (χ4n) is 1.76. The van der Waals surface area contributed by atoms with Crippen LogP contribution in [0.3, 0.4) is 0 Å². The Bertz CT molecular complexity index is 385. The molecule has 102 valence electrons. The van der Waals surface area contributed by atoms with E-state index >= 15 is 0 Å². The molecule has 0 aliphatic heterocycles. The summed E-state index contributed by atoms with van der Waals surface area (Å²) in [7, 11) is 5.19. The summed E-state index contributed by atoms with van der Waals surface area (Å²) in [5, 5.41) is 3.23. The molecule has 1 aromatic rings. The van der Waals surface area contributed by atoms with Crippen molar-refractivity contribution in [3.63, 3.8) is 0 Å². The summed E-state index contributed by atoms with van der Waals surface area (Å²) < 4.78 is 17.0. The lowest BCUT2D eigenvalue weighted by atomic mass is 10.1. The van der Waals surface area contributed by atoms with Crippen LogP contribution in [0.4, 0.5) is 0 Å². The molecule has 0 bridgehead atoms. The first-order valence-electron chi connectivity index (χ1n) is 5.84. The maximum atomic E-state index is 5.47. The zero-order chi connectivity index (χ0) is 13.5. The third kappa shape index (κ3) is 3.37. The van der Waals surface area contributed by atoms with Crippen LogP contribution in [0.15, 0.2) is 16.6 Å². The van der Waals surface area contributed by atoms with E-state index in [0.29, 0.717) is 13.2 Å². The molecular weight excluding hydrogens is 298 g/mol. The molecule has 1 atom stereocenters. The Labute approximate surface area is 117 Å². The summed E-state index contributed by atoms with van der Waals surface area (Å²) in [5.41, 5.74) is 1.04. The van der Waals surface area contributed by atoms with Gasteiger partial charge in [0, 0.05) is 12.2 Å². The predicted molar refractivity (Wildman–Crippen MR) is 75.5 cm³/mol. The smallest absolute Gasteiger partial charge is 0.141 e. The lowest BCUT2D eigenvalue weighted by molar-refractivity contribution is 0.124. The van der Waals surface area contributed by atoms with E-state index in [2.05, 4.69) is 21.2 Å². The van der Waals surface area contributed by atoms with E-state index in [1.165, 1.54) is 0 Å². The van der Waals surface area contributed by atoms with Crippen molar-refractivity contribution in [2.75, 3.05) is 34.5 Å². The van der Waals surface area contributed by atoms with Crippen molar-refractivity contribution in [2.24, 2.45) is 0 Å². The maximum absolute atomic E-state index is 5.47. The highest BCUT2D eigenvalue weighted by Gasteiger charge is 2.19. The summed E-state index contributed by atoms with van der Waals surface area (Å²) in [6, 6.07) is 3.99. The molecule has 4 nitrogen and oxygen atoms in total. The van der Waals surface area contributed by atoms with Gasteiger partial charge in [0.05, 0.1) is 26.9 Å². The Morgan fingerprint density at radius 3 is 2.50 bits per heavy atom. The molecule has 1 aromatic carbocycles. The quantitative estimate of drug-likeness (QED) is 0.839. The largest absolute Gasteiger partial charge is 0.495 e. The molecule has 0 aliphatic rings. The Kier molecular flexibility index (Phi) is 6.46. The summed E-state index contributed by atoms with van der Waals surface area (Å²) in [5.74, 6) is 1.52. The van der Waals surface area contributed by atoms with Crippen molar-refractivity contribution in [1.29, 1.82) is 0 Å². The van der Waals surface area contributed by atoms with E-state index in [4.69, 9.17) is 14.2 Å². The molecule has 1 rings (SSSR count). The number of halogens is 1. The van der Waals surface area contributed by atoms with Gasteiger partial charge in [-0.15, -0.1) is 0 Å². The number of hydrogen-bond acceptors (Lipinski definition) is 4. The molecule has 0 saturated heterocycles. The second-order valence-electron chi connectivity index (χ2n) is 3.71. The Morgan fingerprint density at radius 2 is 2.00 bits per heavy atom. The second kappa shape index (κ2) is 7.61. The van der Waals surface area contributed by atoms with E-state index in [-0.39, 0.29) is 6.04 Å². The van der Waals surface area contributed by atoms with Gasteiger partial charge in [-0.25, -0.2) is 0 Å². The maximum Gasteiger partial charge on any atom is 0.141 e. The van der Waals surface area contributed by atoms with Gasteiger partial charge in [-0.3, -0.25) is 0 Å². The van der Waals surface area contributed by atoms with Gasteiger partial charge in [0.25, 0.3) is 0 Å². The number of ether oxygens (including phenoxy) is 3. The number of benzene rings is 1. The van der Waals surface area contributed by atoms with Gasteiger partial charge in [-0.2, -0.15) is 0 Å². The van der Waals surface area contributed by atoms with E-state index in [1.807, 2.05) is 26.1 Å². The minimum Gasteiger partial charge on any atom is -0.495 e. The Hall–Kier alpha value is -0.780. The zero-order valence-corrected chi connectivity index (χ0v) is 12.8. The highest BCUT2D eigenvalue weighted by atomic mass is 79.9. The highest BCUT2D eigenvalue weighted by molar-refractivity contribution is 9.10. The van der Waals surface area contributed by atoms with Crippen molar-refractivity contribution in [3.05, 3.63) is 22.2 Å². The van der Waals surface area contributed by atoms with E-state index in [0.717, 1.165) is 21.5 Å². The third-order valence-electron chi connectivity index (χ3n) is 2.73. The van der Waals surface area contributed by atoms with Crippen LogP contribution >= 0.6 is 15.9 Å². The highest BCUT2D eigenvalue weighted by Crippen LogP contribution is 2.39. The molecule has 0 radical (unpaired) electrons. The van der Waals surface area contributed by atoms with Crippen molar-refractivity contribution in [3.8, 4) is 11.5 Å². The Balaban J connectivity index is 3.10. The summed E-state index contributed by atoms with van der Waals surface area (Å²) in [4.78, 5) is 0. The summed E-state index contributed by atoms with van der Waals surface area (Å²) >= 11 is 3.50. The molecule has 0 saturated carbocycles. The third-order valence-corrected chi connectivity index (χ3v) is 3.48. The number of hydrogen-bond donors (Lipinski definition) is 1. The lowest BCUT2D eigenvalue weighted by Gasteiger charge is -2.21. The van der Waals surface area contributed by atoms with Crippen LogP contribution in [0.1, 0.15) is 18.5 Å². The van der Waals surface area contributed by atoms with Crippen LogP contribution < -0.4 is 14.8 Å². The Morgan fingerprint density at radius 1 is 1.28 bits per heavy atom. The van der Waals surface area contributed by atoms with Crippen LogP contribution in [0, 0.1) is 0 Å². The molecule has 0 amide bonds. The average molecular weight is 318 g/mol. The minimum absolute atomic E-state index is 0.0853. The molecule has 0 spiro atoms. The number of rotatable bonds is 7. The molecule has 18 heavy (non-hydrogen) atoms. The molecule has 0 heterocycles. The van der Waals surface area contributed by atoms with Gasteiger partial charge in [-0.05, 0) is 42.0 Å². The first-order chi connectivity index (χ1) is 8.69. The molecule has 1 unspecified atom stereocenters. The van der Waals surface area contributed by atoms with Gasteiger partial charge < -0.3 is 19.5 Å². The van der Waals surface area contributed by atoms with Crippen molar-refractivity contribution in [1.82, 2.24) is 5.32 Å². The normalized spacial score (nSPS) is 12.3. The van der Waals surface area contributed by atoms with E-state index in [9.17, 15) is 0 Å². The SMILES string of the molecule is CCOCC(NC)c1ccc(OC)c(Br)c1OC. The van der Waals surface area contributed by atoms with Crippen LogP contribution in [0.2, 0.25) is 0 Å². The second-order valence-corrected chi connectivity index (χ2v) is 4.50. The van der Waals surface area contributed by atoms with Crippen molar-refractivity contribution in [2.45, 2.75) is 13.0 Å². The molecule has 0 aliphatic carbocycles. The van der Waals surface area contributed by atoms with Crippen LogP contribution in [0.5, 0.6) is 11.5 Å².